The van der Waals surface area contributed by atoms with Crippen molar-refractivity contribution >= 4 is 33.1 Å². The number of carbonyl (C=O) groups is 1. The van der Waals surface area contributed by atoms with Crippen LogP contribution in [-0.2, 0) is 16.5 Å². The van der Waals surface area contributed by atoms with Gasteiger partial charge in [0.25, 0.3) is 5.91 Å². The largest absolute Gasteiger partial charge is 0.325 e. The minimum atomic E-state index is -3.87. The maximum atomic E-state index is 13.0. The fraction of sp³-hybridized carbons (Fsp3) is 0.0435. The Hall–Kier alpha value is -4.18. The number of amides is 1. The third-order valence-electron chi connectivity index (χ3n) is 4.63. The molecule has 0 unspecified atom stereocenters. The molecular formula is C23H18FN5O3S. The van der Waals surface area contributed by atoms with Crippen LogP contribution in [0.4, 0.5) is 21.7 Å². The number of carbonyl (C=O) groups excluding carboxylic acids is 1. The second-order valence-electron chi connectivity index (χ2n) is 6.88. The van der Waals surface area contributed by atoms with E-state index in [-0.39, 0.29) is 21.0 Å². The molecular weight excluding hydrogens is 445 g/mol. The first-order chi connectivity index (χ1) is 16.0. The van der Waals surface area contributed by atoms with E-state index in [1.54, 1.807) is 30.3 Å². The van der Waals surface area contributed by atoms with Gasteiger partial charge in [-0.15, -0.1) is 0 Å². The topological polar surface area (TPSA) is 114 Å². The first-order valence-corrected chi connectivity index (χ1v) is 11.2. The number of anilines is 3. The minimum absolute atomic E-state index is 0.0566. The van der Waals surface area contributed by atoms with Gasteiger partial charge in [-0.25, -0.2) is 22.8 Å². The van der Waals surface area contributed by atoms with Crippen molar-refractivity contribution in [3.8, 4) is 0 Å². The summed E-state index contributed by atoms with van der Waals surface area (Å²) in [6, 6.07) is 15.4. The van der Waals surface area contributed by atoms with Crippen molar-refractivity contribution in [2.24, 2.45) is 0 Å². The first kappa shape index (κ1) is 22.0. The quantitative estimate of drug-likeness (QED) is 0.423. The van der Waals surface area contributed by atoms with Crippen molar-refractivity contribution in [2.45, 2.75) is 16.5 Å². The molecule has 10 heteroatoms. The van der Waals surface area contributed by atoms with Gasteiger partial charge in [0.1, 0.15) is 18.3 Å². The Bertz CT molecular complexity index is 1380. The molecule has 0 aliphatic rings. The fourth-order valence-electron chi connectivity index (χ4n) is 2.98. The Morgan fingerprint density at radius 3 is 2.45 bits per heavy atom. The molecule has 0 fully saturated rings. The molecule has 1 amide bonds. The molecule has 0 radical (unpaired) electrons. The van der Waals surface area contributed by atoms with Gasteiger partial charge in [-0.2, -0.15) is 0 Å². The predicted molar refractivity (Wildman–Crippen MR) is 121 cm³/mol. The number of sulfone groups is 1. The number of aromatic nitrogens is 3. The van der Waals surface area contributed by atoms with Crippen LogP contribution >= 0.6 is 0 Å². The third-order valence-corrected chi connectivity index (χ3v) is 6.46. The monoisotopic (exact) mass is 463 g/mol. The van der Waals surface area contributed by atoms with Gasteiger partial charge in [0.05, 0.1) is 21.7 Å². The Morgan fingerprint density at radius 1 is 0.909 bits per heavy atom. The van der Waals surface area contributed by atoms with E-state index in [9.17, 15) is 17.6 Å². The maximum Gasteiger partial charge on any atom is 0.255 e. The second kappa shape index (κ2) is 9.53. The molecule has 4 rings (SSSR count). The lowest BCUT2D eigenvalue weighted by Crippen LogP contribution is -2.15. The lowest BCUT2D eigenvalue weighted by molar-refractivity contribution is 0.102. The molecule has 3 aromatic heterocycles. The zero-order valence-electron chi connectivity index (χ0n) is 17.1. The Kier molecular flexibility index (Phi) is 6.36. The number of benzene rings is 1. The molecule has 0 saturated carbocycles. The summed E-state index contributed by atoms with van der Waals surface area (Å²) >= 11 is 0. The van der Waals surface area contributed by atoms with Crippen molar-refractivity contribution in [2.75, 3.05) is 10.6 Å². The molecule has 3 heterocycles. The highest BCUT2D eigenvalue weighted by atomic mass is 32.2. The fourth-order valence-corrected chi connectivity index (χ4v) is 4.38. The molecule has 0 aliphatic heterocycles. The van der Waals surface area contributed by atoms with Gasteiger partial charge in [-0.1, -0.05) is 24.3 Å². The standard InChI is InChI=1S/C23H18FN5O3S/c24-13-16-6-7-21(27-14-16)29-22-12-17(8-11-26-22)23(30)28-19-15-25-10-9-20(19)33(31,32)18-4-2-1-3-5-18/h1-12,14-15H,13H2,(H,28,30)(H,26,27,29). The summed E-state index contributed by atoms with van der Waals surface area (Å²) in [5, 5.41) is 5.55. The van der Waals surface area contributed by atoms with Gasteiger partial charge in [-0.05, 0) is 36.4 Å². The molecule has 0 aliphatic carbocycles. The Labute approximate surface area is 189 Å². The molecule has 0 bridgehead atoms. The lowest BCUT2D eigenvalue weighted by Gasteiger charge is -2.12. The summed E-state index contributed by atoms with van der Waals surface area (Å²) in [6.07, 6.45) is 5.46. The van der Waals surface area contributed by atoms with Gasteiger partial charge in [-0.3, -0.25) is 9.78 Å². The molecule has 2 N–H and O–H groups in total. The number of nitrogens with zero attached hydrogens (tertiary/aromatic N) is 3. The van der Waals surface area contributed by atoms with Crippen LogP contribution in [0.1, 0.15) is 15.9 Å². The molecule has 1 aromatic carbocycles. The van der Waals surface area contributed by atoms with Gasteiger partial charge < -0.3 is 10.6 Å². The summed E-state index contributed by atoms with van der Waals surface area (Å²) in [7, 11) is -3.87. The van der Waals surface area contributed by atoms with Gasteiger partial charge in [0, 0.05) is 29.7 Å². The average molecular weight is 463 g/mol. The Morgan fingerprint density at radius 2 is 1.73 bits per heavy atom. The van der Waals surface area contributed by atoms with Crippen LogP contribution in [0.3, 0.4) is 0 Å². The van der Waals surface area contributed by atoms with Gasteiger partial charge in [0.2, 0.25) is 9.84 Å². The minimum Gasteiger partial charge on any atom is -0.325 e. The predicted octanol–water partition coefficient (Wildman–Crippen LogP) is 4.17. The zero-order chi connectivity index (χ0) is 23.3. The molecule has 0 atom stereocenters. The van der Waals surface area contributed by atoms with Crippen LogP contribution in [-0.4, -0.2) is 29.3 Å². The second-order valence-corrected chi connectivity index (χ2v) is 8.80. The first-order valence-electron chi connectivity index (χ1n) is 9.77. The van der Waals surface area contributed by atoms with Crippen LogP contribution in [0.2, 0.25) is 0 Å². The smallest absolute Gasteiger partial charge is 0.255 e. The summed E-state index contributed by atoms with van der Waals surface area (Å²) in [5.74, 6) is 0.228. The molecule has 0 spiro atoms. The van der Waals surface area contributed by atoms with E-state index >= 15 is 0 Å². The van der Waals surface area contributed by atoms with Crippen LogP contribution in [0.25, 0.3) is 0 Å². The molecule has 33 heavy (non-hydrogen) atoms. The number of pyridine rings is 3. The number of halogens is 1. The lowest BCUT2D eigenvalue weighted by atomic mass is 10.2. The van der Waals surface area contributed by atoms with E-state index < -0.39 is 22.4 Å². The molecule has 166 valence electrons. The number of hydrogen-bond donors (Lipinski definition) is 2. The van der Waals surface area contributed by atoms with E-state index in [2.05, 4.69) is 25.6 Å². The normalized spacial score (nSPS) is 11.1. The summed E-state index contributed by atoms with van der Waals surface area (Å²) in [5.41, 5.74) is 0.736. The average Bonchev–Trinajstić information content (AvgIpc) is 2.85. The Balaban J connectivity index is 1.56. The summed E-state index contributed by atoms with van der Waals surface area (Å²) in [6.45, 7) is -0.614. The third kappa shape index (κ3) is 5.01. The maximum absolute atomic E-state index is 13.0. The van der Waals surface area contributed by atoms with Crippen molar-refractivity contribution in [3.63, 3.8) is 0 Å². The number of nitrogens with one attached hydrogen (secondary N) is 2. The summed E-state index contributed by atoms with van der Waals surface area (Å²) in [4.78, 5) is 25.1. The van der Waals surface area contributed by atoms with Crippen LogP contribution in [0.5, 0.6) is 0 Å². The van der Waals surface area contributed by atoms with E-state index in [0.717, 1.165) is 0 Å². The van der Waals surface area contributed by atoms with E-state index in [4.69, 9.17) is 0 Å². The molecule has 0 saturated heterocycles. The molecule has 8 nitrogen and oxygen atoms in total. The van der Waals surface area contributed by atoms with Gasteiger partial charge in [0.15, 0.2) is 0 Å². The SMILES string of the molecule is O=C(Nc1cnccc1S(=O)(=O)c1ccccc1)c1ccnc(Nc2ccc(CF)cn2)c1. The van der Waals surface area contributed by atoms with E-state index in [0.29, 0.717) is 17.2 Å². The highest BCUT2D eigenvalue weighted by Crippen LogP contribution is 2.27. The number of hydrogen-bond acceptors (Lipinski definition) is 7. The highest BCUT2D eigenvalue weighted by Gasteiger charge is 2.22. The van der Waals surface area contributed by atoms with Crippen LogP contribution in [0.15, 0.2) is 95.2 Å². The van der Waals surface area contributed by atoms with Crippen molar-refractivity contribution in [1.29, 1.82) is 0 Å². The number of alkyl halides is 1. The van der Waals surface area contributed by atoms with Gasteiger partial charge >= 0.3 is 0 Å². The van der Waals surface area contributed by atoms with E-state index in [1.165, 1.54) is 55.1 Å². The van der Waals surface area contributed by atoms with E-state index in [1.807, 2.05) is 0 Å². The zero-order valence-corrected chi connectivity index (χ0v) is 18.0. The number of rotatable bonds is 7. The van der Waals surface area contributed by atoms with Crippen LogP contribution in [0, 0.1) is 0 Å². The van der Waals surface area contributed by atoms with Crippen molar-refractivity contribution in [3.05, 3.63) is 96.6 Å². The summed E-state index contributed by atoms with van der Waals surface area (Å²) < 4.78 is 38.7. The highest BCUT2D eigenvalue weighted by molar-refractivity contribution is 7.91. The molecule has 4 aromatic rings. The van der Waals surface area contributed by atoms with Crippen LogP contribution < -0.4 is 10.6 Å². The van der Waals surface area contributed by atoms with Crippen molar-refractivity contribution in [1.82, 2.24) is 15.0 Å². The van der Waals surface area contributed by atoms with Crippen molar-refractivity contribution < 1.29 is 17.6 Å².